The van der Waals surface area contributed by atoms with Gasteiger partial charge in [0.05, 0.1) is 27.2 Å². The molecule has 0 saturated carbocycles. The van der Waals surface area contributed by atoms with Gasteiger partial charge in [0.1, 0.15) is 11.6 Å². The summed E-state index contributed by atoms with van der Waals surface area (Å²) in [6.07, 6.45) is 3.26. The standard InChI is InChI=1S/C26H29BrFN5O4/c1-35-21-12-19(13-22(36-2)24(21)37-3)31-26-29-9-8-23(32-26)33-10-4-5-16(15-33)25(34)30-14-17-11-18(27)6-7-20(17)28/h6-9,11-13,16H,4-5,10,14-15H2,1-3H3,(H,30,34)(H,29,31,32)/t16-/m0/s1. The van der Waals surface area contributed by atoms with Gasteiger partial charge in [-0.2, -0.15) is 4.98 Å². The number of amides is 1. The lowest BCUT2D eigenvalue weighted by Gasteiger charge is -2.33. The fourth-order valence-corrected chi connectivity index (χ4v) is 4.68. The number of benzene rings is 2. The predicted molar refractivity (Wildman–Crippen MR) is 142 cm³/mol. The van der Waals surface area contributed by atoms with Crippen LogP contribution in [0.2, 0.25) is 0 Å². The van der Waals surface area contributed by atoms with Crippen LogP contribution in [-0.2, 0) is 11.3 Å². The number of carbonyl (C=O) groups excluding carboxylic acids is 1. The number of ether oxygens (including phenoxy) is 3. The summed E-state index contributed by atoms with van der Waals surface area (Å²) in [6, 6.07) is 10.0. The van der Waals surface area contributed by atoms with Crippen LogP contribution in [0.3, 0.4) is 0 Å². The molecule has 1 aromatic heterocycles. The third kappa shape index (κ3) is 6.40. The van der Waals surface area contributed by atoms with Crippen LogP contribution in [0, 0.1) is 11.7 Å². The van der Waals surface area contributed by atoms with Gasteiger partial charge >= 0.3 is 0 Å². The zero-order chi connectivity index (χ0) is 26.4. The highest BCUT2D eigenvalue weighted by Crippen LogP contribution is 2.40. The molecule has 0 radical (unpaired) electrons. The Kier molecular flexibility index (Phi) is 8.65. The summed E-state index contributed by atoms with van der Waals surface area (Å²) in [6.45, 7) is 1.41. The first-order valence-corrected chi connectivity index (χ1v) is 12.6. The highest BCUT2D eigenvalue weighted by atomic mass is 79.9. The molecule has 1 amide bonds. The van der Waals surface area contributed by atoms with Crippen molar-refractivity contribution in [2.24, 2.45) is 5.92 Å². The topological polar surface area (TPSA) is 97.8 Å². The Morgan fingerprint density at radius 2 is 1.89 bits per heavy atom. The number of hydrogen-bond donors (Lipinski definition) is 2. The molecule has 1 saturated heterocycles. The Hall–Kier alpha value is -3.60. The van der Waals surface area contributed by atoms with E-state index in [1.807, 2.05) is 6.07 Å². The van der Waals surface area contributed by atoms with Crippen LogP contribution in [0.4, 0.5) is 21.8 Å². The molecular weight excluding hydrogens is 545 g/mol. The third-order valence-corrected chi connectivity index (χ3v) is 6.63. The van der Waals surface area contributed by atoms with Crippen molar-refractivity contribution < 1.29 is 23.4 Å². The Balaban J connectivity index is 1.43. The lowest BCUT2D eigenvalue weighted by atomic mass is 9.97. The number of methoxy groups -OCH3 is 3. The van der Waals surface area contributed by atoms with Gasteiger partial charge in [0.2, 0.25) is 17.6 Å². The van der Waals surface area contributed by atoms with Crippen molar-refractivity contribution in [2.75, 3.05) is 44.6 Å². The minimum atomic E-state index is -0.345. The second-order valence-electron chi connectivity index (χ2n) is 8.52. The lowest BCUT2D eigenvalue weighted by molar-refractivity contribution is -0.125. The number of rotatable bonds is 9. The van der Waals surface area contributed by atoms with E-state index in [4.69, 9.17) is 14.2 Å². The third-order valence-electron chi connectivity index (χ3n) is 6.14. The van der Waals surface area contributed by atoms with Crippen molar-refractivity contribution in [1.82, 2.24) is 15.3 Å². The van der Waals surface area contributed by atoms with Crippen molar-refractivity contribution in [2.45, 2.75) is 19.4 Å². The summed E-state index contributed by atoms with van der Waals surface area (Å²) in [5.74, 6) is 1.93. The van der Waals surface area contributed by atoms with E-state index in [0.29, 0.717) is 46.8 Å². The molecule has 1 aliphatic rings. The summed E-state index contributed by atoms with van der Waals surface area (Å²) in [5.41, 5.74) is 1.11. The van der Waals surface area contributed by atoms with Gasteiger partial charge < -0.3 is 29.7 Å². The lowest BCUT2D eigenvalue weighted by Crippen LogP contribution is -2.43. The summed E-state index contributed by atoms with van der Waals surface area (Å²) >= 11 is 3.34. The maximum Gasteiger partial charge on any atom is 0.229 e. The van der Waals surface area contributed by atoms with Gasteiger partial charge in [0, 0.05) is 53.7 Å². The molecule has 0 aliphatic carbocycles. The summed E-state index contributed by atoms with van der Waals surface area (Å²) in [5, 5.41) is 6.06. The number of anilines is 3. The van der Waals surface area contributed by atoms with Crippen LogP contribution < -0.4 is 29.7 Å². The highest BCUT2D eigenvalue weighted by Gasteiger charge is 2.27. The van der Waals surface area contributed by atoms with E-state index in [0.717, 1.165) is 23.9 Å². The first kappa shape index (κ1) is 26.5. The smallest absolute Gasteiger partial charge is 0.229 e. The number of nitrogens with zero attached hydrogens (tertiary/aromatic N) is 3. The van der Waals surface area contributed by atoms with Gasteiger partial charge in [0.15, 0.2) is 11.5 Å². The van der Waals surface area contributed by atoms with Gasteiger partial charge in [0.25, 0.3) is 0 Å². The summed E-state index contributed by atoms with van der Waals surface area (Å²) in [7, 11) is 4.65. The average molecular weight is 574 g/mol. The number of hydrogen-bond acceptors (Lipinski definition) is 8. The Morgan fingerprint density at radius 1 is 1.14 bits per heavy atom. The van der Waals surface area contributed by atoms with Crippen molar-refractivity contribution in [1.29, 1.82) is 0 Å². The molecule has 1 atom stereocenters. The first-order chi connectivity index (χ1) is 17.9. The Bertz CT molecular complexity index is 1240. The molecule has 2 aromatic carbocycles. The van der Waals surface area contributed by atoms with Crippen LogP contribution in [0.15, 0.2) is 47.1 Å². The van der Waals surface area contributed by atoms with Crippen molar-refractivity contribution in [3.63, 3.8) is 0 Å². The van der Waals surface area contributed by atoms with Gasteiger partial charge in [-0.3, -0.25) is 4.79 Å². The molecule has 4 rings (SSSR count). The first-order valence-electron chi connectivity index (χ1n) is 11.8. The maximum atomic E-state index is 14.0. The zero-order valence-corrected chi connectivity index (χ0v) is 22.5. The molecule has 11 heteroatoms. The minimum absolute atomic E-state index is 0.103. The monoisotopic (exact) mass is 573 g/mol. The molecule has 1 aliphatic heterocycles. The summed E-state index contributed by atoms with van der Waals surface area (Å²) in [4.78, 5) is 23.9. The largest absolute Gasteiger partial charge is 0.493 e. The second-order valence-corrected chi connectivity index (χ2v) is 9.43. The molecule has 3 aromatic rings. The molecule has 9 nitrogen and oxygen atoms in total. The number of aromatic nitrogens is 2. The second kappa shape index (κ2) is 12.1. The van der Waals surface area contributed by atoms with Crippen LogP contribution >= 0.6 is 15.9 Å². The van der Waals surface area contributed by atoms with E-state index in [1.165, 1.54) is 6.07 Å². The Labute approximate surface area is 223 Å². The molecule has 0 unspecified atom stereocenters. The molecule has 196 valence electrons. The van der Waals surface area contributed by atoms with Crippen LogP contribution in [0.25, 0.3) is 0 Å². The molecule has 0 spiro atoms. The zero-order valence-electron chi connectivity index (χ0n) is 20.9. The maximum absolute atomic E-state index is 14.0. The minimum Gasteiger partial charge on any atom is -0.493 e. The van der Waals surface area contributed by atoms with Gasteiger partial charge in [-0.05, 0) is 37.1 Å². The van der Waals surface area contributed by atoms with Crippen molar-refractivity contribution in [3.05, 3.63) is 58.4 Å². The normalized spacial score (nSPS) is 15.2. The van der Waals surface area contributed by atoms with Gasteiger partial charge in [-0.25, -0.2) is 9.37 Å². The Morgan fingerprint density at radius 3 is 2.59 bits per heavy atom. The van der Waals surface area contributed by atoms with E-state index in [-0.39, 0.29) is 24.2 Å². The number of halogens is 2. The molecule has 1 fully saturated rings. The van der Waals surface area contributed by atoms with E-state index in [9.17, 15) is 9.18 Å². The van der Waals surface area contributed by atoms with E-state index in [1.54, 1.807) is 51.8 Å². The fraction of sp³-hybridized carbons (Fsp3) is 0.346. The van der Waals surface area contributed by atoms with Crippen LogP contribution in [-0.4, -0.2) is 50.3 Å². The quantitative estimate of drug-likeness (QED) is 0.381. The SMILES string of the molecule is COc1cc(Nc2nccc(N3CCC[C@H](C(=O)NCc4cc(Br)ccc4F)C3)n2)cc(OC)c1OC. The van der Waals surface area contributed by atoms with Gasteiger partial charge in [-0.1, -0.05) is 15.9 Å². The van der Waals surface area contributed by atoms with Gasteiger partial charge in [-0.15, -0.1) is 0 Å². The fourth-order valence-electron chi connectivity index (χ4n) is 4.27. The summed E-state index contributed by atoms with van der Waals surface area (Å²) < 4.78 is 31.0. The predicted octanol–water partition coefficient (Wildman–Crippen LogP) is 4.68. The molecule has 2 heterocycles. The van der Waals surface area contributed by atoms with E-state index in [2.05, 4.69) is 41.4 Å². The number of piperidine rings is 1. The molecule has 37 heavy (non-hydrogen) atoms. The molecule has 2 N–H and O–H groups in total. The number of carbonyl (C=O) groups is 1. The van der Waals surface area contributed by atoms with Crippen LogP contribution in [0.1, 0.15) is 18.4 Å². The van der Waals surface area contributed by atoms with E-state index >= 15 is 0 Å². The molecule has 0 bridgehead atoms. The average Bonchev–Trinajstić information content (AvgIpc) is 2.93. The van der Waals surface area contributed by atoms with Crippen molar-refractivity contribution >= 4 is 39.3 Å². The molecular formula is C26H29BrFN5O4. The van der Waals surface area contributed by atoms with Crippen molar-refractivity contribution in [3.8, 4) is 17.2 Å². The van der Waals surface area contributed by atoms with Crippen LogP contribution in [0.5, 0.6) is 17.2 Å². The van der Waals surface area contributed by atoms with E-state index < -0.39 is 0 Å². The number of nitrogens with one attached hydrogen (secondary N) is 2. The highest BCUT2D eigenvalue weighted by molar-refractivity contribution is 9.10.